The average molecular weight is 935 g/mol. The van der Waals surface area contributed by atoms with Crippen molar-refractivity contribution in [3.63, 3.8) is 0 Å². The van der Waals surface area contributed by atoms with E-state index in [1.165, 1.54) is 0 Å². The fourth-order valence-electron chi connectivity index (χ4n) is 8.50. The maximum absolute atomic E-state index is 6.54. The van der Waals surface area contributed by atoms with Gasteiger partial charge in [0.25, 0.3) is 0 Å². The van der Waals surface area contributed by atoms with E-state index in [0.29, 0.717) is 32.1 Å². The minimum atomic E-state index is 0.588. The second-order valence-corrected chi connectivity index (χ2v) is 17.7. The predicted molar refractivity (Wildman–Crippen MR) is 280 cm³/mol. The average Bonchev–Trinajstić information content (AvgIpc) is 3.41. The number of rotatable bonds is 30. The van der Waals surface area contributed by atoms with Crippen LogP contribution in [-0.2, 0) is 25.7 Å². The van der Waals surface area contributed by atoms with Gasteiger partial charge in [0.2, 0.25) is 0 Å². The Morgan fingerprint density at radius 1 is 0.314 bits per heavy atom. The van der Waals surface area contributed by atoms with Crippen LogP contribution in [0.25, 0.3) is 33.4 Å². The zero-order valence-electron chi connectivity index (χ0n) is 40.5. The summed E-state index contributed by atoms with van der Waals surface area (Å²) in [6.07, 6.45) is 25.2. The highest BCUT2D eigenvalue weighted by molar-refractivity contribution is 5.91. The number of fused-ring (bicyclic) bond motifs is 1. The molecule has 8 aromatic rings. The molecule has 0 saturated carbocycles. The Kier molecular flexibility index (Phi) is 19.5. The molecule has 0 spiro atoms. The summed E-state index contributed by atoms with van der Waals surface area (Å²) >= 11 is 0. The van der Waals surface area contributed by atoms with Crippen LogP contribution in [0.3, 0.4) is 0 Å². The third-order valence-electron chi connectivity index (χ3n) is 12.2. The molecule has 0 bridgehead atoms. The molecule has 0 N–H and O–H groups in total. The van der Waals surface area contributed by atoms with Gasteiger partial charge in [-0.15, -0.1) is 0 Å². The van der Waals surface area contributed by atoms with Crippen molar-refractivity contribution in [3.05, 3.63) is 181 Å². The number of hydrogen-bond donors (Lipinski definition) is 0. The van der Waals surface area contributed by atoms with Gasteiger partial charge in [0, 0.05) is 82.4 Å². The third-order valence-corrected chi connectivity index (χ3v) is 12.2. The molecule has 0 aliphatic carbocycles. The van der Waals surface area contributed by atoms with E-state index in [2.05, 4.69) is 80.6 Å². The van der Waals surface area contributed by atoms with Crippen molar-refractivity contribution in [2.24, 2.45) is 0 Å². The molecule has 0 saturated heterocycles. The molecule has 0 aliphatic heterocycles. The van der Waals surface area contributed by atoms with Crippen molar-refractivity contribution in [2.45, 2.75) is 103 Å². The molecule has 8 rings (SSSR count). The van der Waals surface area contributed by atoms with E-state index in [-0.39, 0.29) is 0 Å². The molecular weight excluding hydrogens is 869 g/mol. The first-order valence-electron chi connectivity index (χ1n) is 25.4. The van der Waals surface area contributed by atoms with Crippen LogP contribution < -0.4 is 18.9 Å². The number of hydrogen-bond acceptors (Lipinski definition) is 10. The Bertz CT molecular complexity index is 2420. The van der Waals surface area contributed by atoms with Crippen molar-refractivity contribution >= 4 is 11.0 Å². The zero-order chi connectivity index (χ0) is 47.7. The van der Waals surface area contributed by atoms with E-state index >= 15 is 0 Å². The fraction of sp³-hybridized carbons (Fsp3) is 0.333. The summed E-state index contributed by atoms with van der Waals surface area (Å²) in [5.41, 5.74) is 8.71. The maximum atomic E-state index is 6.54. The first-order valence-corrected chi connectivity index (χ1v) is 25.4. The van der Waals surface area contributed by atoms with Gasteiger partial charge in [0.1, 0.15) is 23.0 Å². The van der Waals surface area contributed by atoms with Gasteiger partial charge in [-0.25, -0.2) is 9.97 Å². The van der Waals surface area contributed by atoms with Gasteiger partial charge in [0.05, 0.1) is 32.1 Å². The normalized spacial score (nSPS) is 11.1. The van der Waals surface area contributed by atoms with Crippen molar-refractivity contribution in [1.82, 2.24) is 29.9 Å². The highest BCUT2D eigenvalue weighted by Crippen LogP contribution is 2.40. The number of unbranched alkanes of at least 4 members (excludes halogenated alkanes) is 8. The third kappa shape index (κ3) is 16.2. The summed E-state index contributed by atoms with van der Waals surface area (Å²) in [4.78, 5) is 28.0. The lowest BCUT2D eigenvalue weighted by molar-refractivity contribution is 0.290. The molecule has 70 heavy (non-hydrogen) atoms. The molecule has 0 unspecified atom stereocenters. The van der Waals surface area contributed by atoms with E-state index < -0.39 is 0 Å². The van der Waals surface area contributed by atoms with Gasteiger partial charge in [-0.1, -0.05) is 24.3 Å². The van der Waals surface area contributed by atoms with Crippen LogP contribution in [0, 0.1) is 0 Å². The molecule has 2 aromatic carbocycles. The van der Waals surface area contributed by atoms with Crippen LogP contribution in [0.2, 0.25) is 0 Å². The first-order chi connectivity index (χ1) is 34.7. The number of aryl methyl sites for hydroxylation is 4. The smallest absolute Gasteiger partial charge is 0.159 e. The largest absolute Gasteiger partial charge is 0.493 e. The number of ether oxygens (including phenoxy) is 4. The second kappa shape index (κ2) is 27.7. The zero-order valence-corrected chi connectivity index (χ0v) is 40.5. The predicted octanol–water partition coefficient (Wildman–Crippen LogP) is 13.7. The van der Waals surface area contributed by atoms with Gasteiger partial charge in [-0.2, -0.15) is 0 Å². The molecule has 0 amide bonds. The van der Waals surface area contributed by atoms with Crippen LogP contribution in [0.15, 0.2) is 158 Å². The van der Waals surface area contributed by atoms with E-state index in [1.54, 1.807) is 6.20 Å². The maximum Gasteiger partial charge on any atom is 0.159 e. The molecule has 6 aromatic heterocycles. The van der Waals surface area contributed by atoms with E-state index in [0.717, 1.165) is 176 Å². The second-order valence-electron chi connectivity index (χ2n) is 17.7. The quantitative estimate of drug-likeness (QED) is 0.0404. The van der Waals surface area contributed by atoms with Gasteiger partial charge in [-0.3, -0.25) is 19.9 Å². The van der Waals surface area contributed by atoms with Crippen LogP contribution in [0.1, 0.15) is 99.8 Å². The minimum absolute atomic E-state index is 0.588. The molecular formula is C60H66N6O4. The Balaban J connectivity index is 1.02. The summed E-state index contributed by atoms with van der Waals surface area (Å²) < 4.78 is 26.1. The van der Waals surface area contributed by atoms with Crippen molar-refractivity contribution in [1.29, 1.82) is 0 Å². The summed E-state index contributed by atoms with van der Waals surface area (Å²) in [5.74, 6) is 3.01. The number of nitrogens with zero attached hydrogens (tertiary/aromatic N) is 6. The van der Waals surface area contributed by atoms with E-state index in [4.69, 9.17) is 28.9 Å². The van der Waals surface area contributed by atoms with Crippen LogP contribution >= 0.6 is 0 Å². The molecule has 10 nitrogen and oxygen atoms in total. The molecule has 0 aliphatic rings. The fourth-order valence-corrected chi connectivity index (χ4v) is 8.50. The van der Waals surface area contributed by atoms with E-state index in [1.807, 2.05) is 91.5 Å². The molecule has 0 atom stereocenters. The topological polar surface area (TPSA) is 114 Å². The number of aromatic nitrogens is 6. The number of benzene rings is 2. The van der Waals surface area contributed by atoms with Gasteiger partial charge >= 0.3 is 0 Å². The Labute approximate surface area is 414 Å². The van der Waals surface area contributed by atoms with Crippen LogP contribution in [0.4, 0.5) is 0 Å². The molecule has 10 heteroatoms. The summed E-state index contributed by atoms with van der Waals surface area (Å²) in [5, 5.41) is 0.941. The first kappa shape index (κ1) is 49.2. The van der Waals surface area contributed by atoms with Gasteiger partial charge < -0.3 is 18.9 Å². The minimum Gasteiger partial charge on any atom is -0.493 e. The lowest BCUT2D eigenvalue weighted by atomic mass is 9.97. The summed E-state index contributed by atoms with van der Waals surface area (Å²) in [6, 6.07) is 43.0. The Morgan fingerprint density at radius 2 is 0.686 bits per heavy atom. The summed E-state index contributed by atoms with van der Waals surface area (Å²) in [6.45, 7) is 2.37. The monoisotopic (exact) mass is 935 g/mol. The lowest BCUT2D eigenvalue weighted by Gasteiger charge is -2.17. The number of pyridine rings is 6. The molecule has 0 fully saturated rings. The highest BCUT2D eigenvalue weighted by Gasteiger charge is 2.17. The standard InChI is InChI=1S/C60H66N6O4/c1(5-23-50-27-9-13-31-61-50)17-36-67-54-40-48(41-55(45-54)68-37-18-2-6-24-51-28-10-14-32-62-51)58-44-47-22-21-35-65-60(47)66-59(58)49-42-56(69-38-19-3-7-25-52-29-11-15-33-63-52)46-57(43-49)70-39-20-4-8-26-53-30-12-16-34-64-53/h9-16,21-22,27-35,40-46H,1-8,17-20,23-26,36-39H2. The van der Waals surface area contributed by atoms with E-state index in [9.17, 15) is 0 Å². The molecule has 360 valence electrons. The van der Waals surface area contributed by atoms with Crippen molar-refractivity contribution in [2.75, 3.05) is 26.4 Å². The molecule has 0 radical (unpaired) electrons. The van der Waals surface area contributed by atoms with Gasteiger partial charge in [0.15, 0.2) is 5.65 Å². The summed E-state index contributed by atoms with van der Waals surface area (Å²) in [7, 11) is 0. The van der Waals surface area contributed by atoms with Crippen LogP contribution in [-0.4, -0.2) is 56.3 Å². The van der Waals surface area contributed by atoms with Crippen molar-refractivity contribution in [3.8, 4) is 45.4 Å². The lowest BCUT2D eigenvalue weighted by Crippen LogP contribution is -2.03. The molecule has 6 heterocycles. The Morgan fingerprint density at radius 3 is 1.06 bits per heavy atom. The van der Waals surface area contributed by atoms with Crippen molar-refractivity contribution < 1.29 is 18.9 Å². The van der Waals surface area contributed by atoms with Gasteiger partial charge in [-0.05, 0) is 199 Å². The van der Waals surface area contributed by atoms with Crippen LogP contribution in [0.5, 0.6) is 23.0 Å². The Hall–Kier alpha value is -7.20. The highest BCUT2D eigenvalue weighted by atomic mass is 16.5. The SMILES string of the molecule is c1ccc(CCCCCOc2cc(OCCCCCc3ccccn3)cc(-c3cc4cccnc4nc3-c3cc(OCCCCCc4ccccn4)cc(OCCCCCc4ccccn4)c3)c2)nc1.